The van der Waals surface area contributed by atoms with E-state index in [9.17, 15) is 9.59 Å². The molecule has 2 bridgehead atoms. The lowest BCUT2D eigenvalue weighted by Gasteiger charge is -2.43. The Morgan fingerprint density at radius 3 is 2.55 bits per heavy atom. The second-order valence-electron chi connectivity index (χ2n) is 8.83. The zero-order chi connectivity index (χ0) is 21.4. The van der Waals surface area contributed by atoms with Crippen molar-refractivity contribution in [3.63, 3.8) is 0 Å². The van der Waals surface area contributed by atoms with E-state index in [1.807, 2.05) is 70.4 Å². The number of fused-ring (bicyclic) bond motifs is 4. The Labute approximate surface area is 186 Å². The third kappa shape index (κ3) is 4.19. The average Bonchev–Trinajstić information content (AvgIpc) is 3.28. The molecule has 6 heteroatoms. The molecule has 5 rings (SSSR count). The highest BCUT2D eigenvalue weighted by Crippen LogP contribution is 2.36. The van der Waals surface area contributed by atoms with Crippen molar-refractivity contribution in [3.05, 3.63) is 93.6 Å². The van der Waals surface area contributed by atoms with Crippen LogP contribution in [0, 0.1) is 5.92 Å². The predicted octanol–water partition coefficient (Wildman–Crippen LogP) is 4.12. The van der Waals surface area contributed by atoms with Gasteiger partial charge in [-0.05, 0) is 48.2 Å². The summed E-state index contributed by atoms with van der Waals surface area (Å²) in [4.78, 5) is 27.7. The number of hydrogen-bond donors (Lipinski definition) is 0. The highest BCUT2D eigenvalue weighted by molar-refractivity contribution is 6.30. The number of pyridine rings is 1. The Bertz CT molecular complexity index is 1120. The first-order chi connectivity index (χ1) is 15.1. The highest BCUT2D eigenvalue weighted by atomic mass is 35.5. The zero-order valence-corrected chi connectivity index (χ0v) is 18.1. The van der Waals surface area contributed by atoms with Gasteiger partial charge < -0.3 is 14.0 Å². The van der Waals surface area contributed by atoms with Crippen molar-refractivity contribution in [3.8, 4) is 0 Å². The summed E-state index contributed by atoms with van der Waals surface area (Å²) >= 11 is 6.09. The summed E-state index contributed by atoms with van der Waals surface area (Å²) in [5.41, 5.74) is 2.27. The molecule has 0 radical (unpaired) electrons. The van der Waals surface area contributed by atoms with E-state index in [4.69, 9.17) is 11.6 Å². The minimum atomic E-state index is 0.0708. The molecule has 3 aromatic rings. The predicted molar refractivity (Wildman–Crippen MR) is 121 cm³/mol. The fourth-order valence-electron chi connectivity index (χ4n) is 5.21. The normalized spacial score (nSPS) is 20.9. The molecule has 0 aliphatic carbocycles. The van der Waals surface area contributed by atoms with Crippen LogP contribution in [0.2, 0.25) is 5.02 Å². The second kappa shape index (κ2) is 8.39. The number of hydrogen-bond acceptors (Lipinski definition) is 2. The molecule has 160 valence electrons. The summed E-state index contributed by atoms with van der Waals surface area (Å²) in [6.45, 7) is 2.88. The molecule has 0 spiro atoms. The van der Waals surface area contributed by atoms with Gasteiger partial charge in [-0.15, -0.1) is 0 Å². The number of halogens is 1. The minimum Gasteiger partial charge on any atom is -0.354 e. The second-order valence-corrected chi connectivity index (χ2v) is 9.27. The first kappa shape index (κ1) is 20.1. The summed E-state index contributed by atoms with van der Waals surface area (Å²) in [7, 11) is 0. The number of rotatable bonds is 5. The fourth-order valence-corrected chi connectivity index (χ4v) is 5.34. The smallest absolute Gasteiger partial charge is 0.250 e. The van der Waals surface area contributed by atoms with Crippen molar-refractivity contribution in [2.45, 2.75) is 37.8 Å². The van der Waals surface area contributed by atoms with Crippen LogP contribution in [0.4, 0.5) is 0 Å². The summed E-state index contributed by atoms with van der Waals surface area (Å²) in [5, 5.41) is 0.701. The van der Waals surface area contributed by atoms with Gasteiger partial charge in [0.15, 0.2) is 0 Å². The number of benzene rings is 1. The molecule has 4 heterocycles. The standard InChI is InChI=1S/C25H26ClN3O2/c26-22-8-6-19(7-9-22)20(16-27-10-1-2-11-27)13-25(31)28-14-18-12-21(17-28)23-4-3-5-24(30)29(23)15-18/h1-11,18,20-21H,12-17H2/t18-,20-,21+/m1/s1. The van der Waals surface area contributed by atoms with E-state index in [0.717, 1.165) is 30.8 Å². The molecule has 1 fully saturated rings. The summed E-state index contributed by atoms with van der Waals surface area (Å²) in [6.07, 6.45) is 5.58. The molecule has 0 saturated carbocycles. The molecular weight excluding hydrogens is 410 g/mol. The van der Waals surface area contributed by atoms with Gasteiger partial charge in [-0.3, -0.25) is 9.59 Å². The van der Waals surface area contributed by atoms with Crippen LogP contribution >= 0.6 is 11.6 Å². The molecule has 5 nitrogen and oxygen atoms in total. The molecule has 1 aromatic carbocycles. The maximum absolute atomic E-state index is 13.4. The van der Waals surface area contributed by atoms with E-state index in [0.29, 0.717) is 30.5 Å². The first-order valence-corrected chi connectivity index (χ1v) is 11.3. The Kier molecular flexibility index (Phi) is 5.45. The maximum atomic E-state index is 13.4. The summed E-state index contributed by atoms with van der Waals surface area (Å²) < 4.78 is 4.03. The number of aromatic nitrogens is 2. The lowest BCUT2D eigenvalue weighted by molar-refractivity contribution is -0.134. The van der Waals surface area contributed by atoms with Crippen LogP contribution in [0.25, 0.3) is 0 Å². The van der Waals surface area contributed by atoms with Gasteiger partial charge in [-0.25, -0.2) is 0 Å². The highest BCUT2D eigenvalue weighted by Gasteiger charge is 2.36. The molecule has 2 aliphatic heterocycles. The van der Waals surface area contributed by atoms with Gasteiger partial charge in [0.25, 0.3) is 5.56 Å². The van der Waals surface area contributed by atoms with Gasteiger partial charge in [0.05, 0.1) is 0 Å². The molecule has 2 aliphatic rings. The van der Waals surface area contributed by atoms with Crippen molar-refractivity contribution >= 4 is 17.5 Å². The van der Waals surface area contributed by atoms with Crippen LogP contribution in [-0.4, -0.2) is 33.0 Å². The summed E-state index contributed by atoms with van der Waals surface area (Å²) in [6, 6.07) is 17.4. The minimum absolute atomic E-state index is 0.0708. The number of carbonyl (C=O) groups is 1. The number of amides is 1. The van der Waals surface area contributed by atoms with Gasteiger partial charge in [0, 0.05) is 73.6 Å². The van der Waals surface area contributed by atoms with E-state index in [1.165, 1.54) is 0 Å². The number of likely N-dealkylation sites (tertiary alicyclic amines) is 1. The number of carbonyl (C=O) groups excluding carboxylic acids is 1. The zero-order valence-electron chi connectivity index (χ0n) is 17.4. The molecular formula is C25H26ClN3O2. The maximum Gasteiger partial charge on any atom is 0.250 e. The molecule has 1 amide bonds. The van der Waals surface area contributed by atoms with Crippen LogP contribution in [0.3, 0.4) is 0 Å². The Morgan fingerprint density at radius 1 is 1.00 bits per heavy atom. The molecule has 31 heavy (non-hydrogen) atoms. The van der Waals surface area contributed by atoms with E-state index >= 15 is 0 Å². The van der Waals surface area contributed by atoms with Crippen molar-refractivity contribution in [1.82, 2.24) is 14.0 Å². The Hall–Kier alpha value is -2.79. The van der Waals surface area contributed by atoms with Crippen LogP contribution in [0.5, 0.6) is 0 Å². The third-order valence-corrected chi connectivity index (χ3v) is 6.94. The largest absolute Gasteiger partial charge is 0.354 e. The first-order valence-electron chi connectivity index (χ1n) is 10.9. The van der Waals surface area contributed by atoms with Crippen molar-refractivity contribution < 1.29 is 4.79 Å². The van der Waals surface area contributed by atoms with Crippen molar-refractivity contribution in [2.75, 3.05) is 13.1 Å². The number of piperidine rings is 1. The van der Waals surface area contributed by atoms with E-state index in [1.54, 1.807) is 6.07 Å². The van der Waals surface area contributed by atoms with Gasteiger partial charge in [0.2, 0.25) is 5.91 Å². The molecule has 3 atom stereocenters. The average molecular weight is 436 g/mol. The van der Waals surface area contributed by atoms with Gasteiger partial charge in [-0.1, -0.05) is 29.8 Å². The van der Waals surface area contributed by atoms with E-state index < -0.39 is 0 Å². The summed E-state index contributed by atoms with van der Waals surface area (Å²) in [5.74, 6) is 0.847. The van der Waals surface area contributed by atoms with Gasteiger partial charge >= 0.3 is 0 Å². The molecule has 0 N–H and O–H groups in total. The Morgan fingerprint density at radius 2 is 1.77 bits per heavy atom. The van der Waals surface area contributed by atoms with Crippen molar-refractivity contribution in [1.29, 1.82) is 0 Å². The monoisotopic (exact) mass is 435 g/mol. The third-order valence-electron chi connectivity index (χ3n) is 6.69. The van der Waals surface area contributed by atoms with E-state index in [-0.39, 0.29) is 23.3 Å². The Balaban J connectivity index is 1.35. The lowest BCUT2D eigenvalue weighted by atomic mass is 9.82. The SMILES string of the molecule is O=C(C[C@H](Cn1cccc1)c1ccc(Cl)cc1)N1C[C@H]2C[C@@H](C1)c1cccc(=O)n1C2. The van der Waals surface area contributed by atoms with Crippen molar-refractivity contribution in [2.24, 2.45) is 5.92 Å². The number of nitrogens with zero attached hydrogens (tertiary/aromatic N) is 3. The van der Waals surface area contributed by atoms with Crippen LogP contribution in [0.1, 0.15) is 35.9 Å². The van der Waals surface area contributed by atoms with E-state index in [2.05, 4.69) is 4.57 Å². The van der Waals surface area contributed by atoms with Gasteiger partial charge in [0.1, 0.15) is 0 Å². The van der Waals surface area contributed by atoms with Crippen LogP contribution in [0.15, 0.2) is 71.8 Å². The quantitative estimate of drug-likeness (QED) is 0.605. The van der Waals surface area contributed by atoms with Crippen LogP contribution in [-0.2, 0) is 17.9 Å². The fraction of sp³-hybridized carbons (Fsp3) is 0.360. The topological polar surface area (TPSA) is 47.2 Å². The molecule has 0 unspecified atom stereocenters. The lowest BCUT2D eigenvalue weighted by Crippen LogP contribution is -2.49. The molecule has 1 saturated heterocycles. The van der Waals surface area contributed by atoms with Crippen LogP contribution < -0.4 is 5.56 Å². The van der Waals surface area contributed by atoms with Gasteiger partial charge in [-0.2, -0.15) is 0 Å². The molecule has 2 aromatic heterocycles.